The molecule has 4 nitrogen and oxygen atoms in total. The second kappa shape index (κ2) is 15.4. The topological polar surface area (TPSA) is 26.2 Å². The maximum Gasteiger partial charge on any atom is 0.136 e. The minimum atomic E-state index is 0.903. The Morgan fingerprint density at radius 1 is 0.433 bits per heavy atom. The lowest BCUT2D eigenvalue weighted by atomic mass is 9.99. The fraction of sp³-hybridized carbons (Fsp3) is 0.0159. The van der Waals surface area contributed by atoms with E-state index in [0.29, 0.717) is 0 Å². The van der Waals surface area contributed by atoms with Crippen molar-refractivity contribution in [3.63, 3.8) is 0 Å². The minimum Gasteiger partial charge on any atom is -0.456 e. The van der Waals surface area contributed by atoms with E-state index in [1.807, 2.05) is 12.1 Å². The summed E-state index contributed by atoms with van der Waals surface area (Å²) < 4.78 is 11.1. The molecule has 0 spiro atoms. The van der Waals surface area contributed by atoms with Crippen LogP contribution in [0.25, 0.3) is 111 Å². The summed E-state index contributed by atoms with van der Waals surface area (Å²) in [6.45, 7) is 6.20. The van der Waals surface area contributed by atoms with Crippen LogP contribution < -0.4 is 15.5 Å². The van der Waals surface area contributed by atoms with Gasteiger partial charge in [0.05, 0.1) is 16.6 Å². The molecule has 0 aliphatic carbocycles. The van der Waals surface area contributed by atoms with Gasteiger partial charge < -0.3 is 18.5 Å². The molecule has 0 amide bonds. The molecule has 67 heavy (non-hydrogen) atoms. The van der Waals surface area contributed by atoms with Crippen molar-refractivity contribution in [2.45, 2.75) is 6.92 Å². The van der Waals surface area contributed by atoms with Crippen LogP contribution >= 0.6 is 0 Å². The van der Waals surface area contributed by atoms with E-state index in [1.54, 1.807) is 0 Å². The lowest BCUT2D eigenvalue weighted by Crippen LogP contribution is -2.27. The molecule has 0 saturated heterocycles. The largest absolute Gasteiger partial charge is 0.456 e. The fourth-order valence-corrected chi connectivity index (χ4v) is 10.6. The number of anilines is 3. The van der Waals surface area contributed by atoms with Gasteiger partial charge in [-0.1, -0.05) is 140 Å². The molecule has 4 heteroatoms. The summed E-state index contributed by atoms with van der Waals surface area (Å²) in [5.74, 6) is 0. The van der Waals surface area contributed by atoms with Gasteiger partial charge in [0, 0.05) is 65.9 Å². The summed E-state index contributed by atoms with van der Waals surface area (Å²) in [4.78, 5) is 2.40. The number of furan rings is 1. The Labute approximate surface area is 387 Å². The Bertz CT molecular complexity index is 4250. The van der Waals surface area contributed by atoms with Gasteiger partial charge in [-0.05, 0) is 137 Å². The molecule has 3 heterocycles. The van der Waals surface area contributed by atoms with Crippen LogP contribution in [0.5, 0.6) is 0 Å². The van der Waals surface area contributed by atoms with Gasteiger partial charge in [0.2, 0.25) is 0 Å². The molecule has 3 aromatic heterocycles. The Balaban J connectivity index is 1.02. The van der Waals surface area contributed by atoms with Crippen LogP contribution in [0, 0.1) is 0 Å². The van der Waals surface area contributed by atoms with E-state index in [0.717, 1.165) is 88.6 Å². The number of para-hydroxylation sites is 3. The highest BCUT2D eigenvalue weighted by Gasteiger charge is 2.20. The third-order valence-corrected chi connectivity index (χ3v) is 13.5. The van der Waals surface area contributed by atoms with Gasteiger partial charge >= 0.3 is 0 Å². The molecule has 13 aromatic rings. The van der Waals surface area contributed by atoms with Crippen molar-refractivity contribution in [2.75, 3.05) is 4.90 Å². The first-order valence-electron chi connectivity index (χ1n) is 22.9. The third-order valence-electron chi connectivity index (χ3n) is 13.5. The Kier molecular flexibility index (Phi) is 8.87. The number of hydrogen-bond acceptors (Lipinski definition) is 2. The first-order chi connectivity index (χ1) is 33.1. The molecular weight excluding hydrogens is 815 g/mol. The van der Waals surface area contributed by atoms with Crippen LogP contribution in [0.3, 0.4) is 0 Å². The quantitative estimate of drug-likeness (QED) is 0.160. The van der Waals surface area contributed by atoms with E-state index in [1.165, 1.54) is 37.7 Å². The molecule has 0 N–H and O–H groups in total. The molecule has 0 bridgehead atoms. The highest BCUT2D eigenvalue weighted by atomic mass is 16.3. The van der Waals surface area contributed by atoms with E-state index in [-0.39, 0.29) is 0 Å². The van der Waals surface area contributed by atoms with E-state index in [4.69, 9.17) is 4.42 Å². The zero-order chi connectivity index (χ0) is 44.6. The molecule has 0 fully saturated rings. The molecule has 0 aliphatic rings. The lowest BCUT2D eigenvalue weighted by molar-refractivity contribution is 0.669. The van der Waals surface area contributed by atoms with Gasteiger partial charge in [-0.15, -0.1) is 0 Å². The second-order valence-electron chi connectivity index (χ2n) is 17.3. The van der Waals surface area contributed by atoms with Crippen molar-refractivity contribution < 1.29 is 4.42 Å². The Morgan fingerprint density at radius 3 is 1.93 bits per heavy atom. The van der Waals surface area contributed by atoms with Crippen LogP contribution in [0.1, 0.15) is 6.92 Å². The molecule has 316 valence electrons. The molecule has 0 unspecified atom stereocenters. The Hall–Kier alpha value is -8.86. The van der Waals surface area contributed by atoms with Crippen molar-refractivity contribution in [3.05, 3.63) is 236 Å². The highest BCUT2D eigenvalue weighted by molar-refractivity contribution is 6.23. The number of rotatable bonds is 7. The predicted octanol–water partition coefficient (Wildman–Crippen LogP) is 15.8. The van der Waals surface area contributed by atoms with Crippen LogP contribution in [0.2, 0.25) is 0 Å². The van der Waals surface area contributed by atoms with Crippen molar-refractivity contribution in [1.29, 1.82) is 0 Å². The summed E-state index contributed by atoms with van der Waals surface area (Å²) >= 11 is 0. The van der Waals surface area contributed by atoms with E-state index in [2.05, 4.69) is 246 Å². The summed E-state index contributed by atoms with van der Waals surface area (Å²) in [6, 6.07) is 77.0. The van der Waals surface area contributed by atoms with Gasteiger partial charge in [0.15, 0.2) is 0 Å². The number of fused-ring (bicyclic) bond motifs is 10. The third kappa shape index (κ3) is 6.15. The van der Waals surface area contributed by atoms with Gasteiger partial charge in [0.25, 0.3) is 0 Å². The molecule has 13 rings (SSSR count). The highest BCUT2D eigenvalue weighted by Crippen LogP contribution is 2.43. The van der Waals surface area contributed by atoms with Crippen LogP contribution in [-0.4, -0.2) is 9.13 Å². The normalized spacial score (nSPS) is 12.5. The molecule has 0 aliphatic heterocycles. The average Bonchev–Trinajstić information content (AvgIpc) is 4.03. The first-order valence-corrected chi connectivity index (χ1v) is 22.9. The molecule has 0 saturated carbocycles. The van der Waals surface area contributed by atoms with Crippen LogP contribution in [-0.2, 0) is 0 Å². The van der Waals surface area contributed by atoms with E-state index >= 15 is 0 Å². The predicted molar refractivity (Wildman–Crippen MR) is 284 cm³/mol. The molecule has 0 radical (unpaired) electrons. The molecule has 10 aromatic carbocycles. The van der Waals surface area contributed by atoms with E-state index < -0.39 is 0 Å². The number of hydrogen-bond donors (Lipinski definition) is 0. The lowest BCUT2D eigenvalue weighted by Gasteiger charge is -2.27. The SMILES string of the molecule is C=C/C=c1\c(=C/C)n(-c2ccccc2)c2cc(N(c3cccc(-c4ccc5c(c4)c4cc6ccc7oc8ccccc8c7c6cc4n5-c4ccccc4)c3)c3ccc4ccccc4c3)ccc12. The number of benzene rings is 10. The van der Waals surface area contributed by atoms with Gasteiger partial charge in [0.1, 0.15) is 11.2 Å². The monoisotopic (exact) mass is 857 g/mol. The second-order valence-corrected chi connectivity index (χ2v) is 17.3. The number of aromatic nitrogens is 2. The van der Waals surface area contributed by atoms with Crippen molar-refractivity contribution >= 4 is 105 Å². The van der Waals surface area contributed by atoms with E-state index in [9.17, 15) is 0 Å². The molecule has 0 atom stereocenters. The number of nitrogens with zero attached hydrogens (tertiary/aromatic N) is 3. The number of allylic oxidation sites excluding steroid dienone is 1. The van der Waals surface area contributed by atoms with Crippen LogP contribution in [0.15, 0.2) is 229 Å². The minimum absolute atomic E-state index is 0.903. The molecular formula is C63H43N3O. The average molecular weight is 858 g/mol. The summed E-state index contributed by atoms with van der Waals surface area (Å²) in [5, 5.41) is 12.9. The summed E-state index contributed by atoms with van der Waals surface area (Å²) in [6.07, 6.45) is 6.21. The smallest absolute Gasteiger partial charge is 0.136 e. The van der Waals surface area contributed by atoms with Crippen LogP contribution in [0.4, 0.5) is 17.1 Å². The van der Waals surface area contributed by atoms with Crippen molar-refractivity contribution in [1.82, 2.24) is 9.13 Å². The van der Waals surface area contributed by atoms with Gasteiger partial charge in [-0.3, -0.25) is 0 Å². The Morgan fingerprint density at radius 2 is 1.10 bits per heavy atom. The maximum absolute atomic E-state index is 6.36. The van der Waals surface area contributed by atoms with Crippen molar-refractivity contribution in [3.8, 4) is 22.5 Å². The first kappa shape index (κ1) is 38.6. The van der Waals surface area contributed by atoms with Crippen molar-refractivity contribution in [2.24, 2.45) is 0 Å². The summed E-state index contributed by atoms with van der Waals surface area (Å²) in [7, 11) is 0. The summed E-state index contributed by atoms with van der Waals surface area (Å²) in [5.41, 5.74) is 13.0. The zero-order valence-electron chi connectivity index (χ0n) is 36.9. The standard InChI is InChI=1S/C63H43N3O/c1-3-16-51-52-32-31-50(39-59(52)65(57(51)4-2)46-20-7-5-8-21-46)64(49-30-27-41-17-11-12-18-42(41)35-49)48-24-15-19-43(36-48)44-28-33-58-55(37-44)56-38-45-29-34-62-63(53-25-13-14-26-61(53)67-62)54(45)40-60(56)66(58)47-22-9-6-10-23-47/h3-40H,1H2,2H3/b51-16-,57-4+. The maximum atomic E-state index is 6.36. The van der Waals surface area contributed by atoms with Gasteiger partial charge in [-0.25, -0.2) is 0 Å². The fourth-order valence-electron chi connectivity index (χ4n) is 10.6. The van der Waals surface area contributed by atoms with Gasteiger partial charge in [-0.2, -0.15) is 0 Å². The zero-order valence-corrected chi connectivity index (χ0v) is 36.9.